The third-order valence-corrected chi connectivity index (χ3v) is 4.64. The van der Waals surface area contributed by atoms with Crippen molar-refractivity contribution in [2.75, 3.05) is 11.9 Å². The minimum atomic E-state index is -0.567. The molecule has 3 rings (SSSR count). The Morgan fingerprint density at radius 1 is 1.25 bits per heavy atom. The molecule has 8 heteroatoms. The van der Waals surface area contributed by atoms with E-state index in [0.29, 0.717) is 11.8 Å². The number of nitrogens with zero attached hydrogens (tertiary/aromatic N) is 3. The summed E-state index contributed by atoms with van der Waals surface area (Å²) in [7, 11) is 1.61. The van der Waals surface area contributed by atoms with Crippen LogP contribution in [0.15, 0.2) is 53.0 Å². The van der Waals surface area contributed by atoms with Gasteiger partial charge in [-0.3, -0.25) is 4.90 Å². The number of carbonyl (C=O) groups excluding carboxylic acids is 1. The Morgan fingerprint density at radius 3 is 2.57 bits per heavy atom. The number of amides is 1. The number of nitrogens with one attached hydrogen (secondary N) is 1. The van der Waals surface area contributed by atoms with Crippen LogP contribution in [0.5, 0.6) is 0 Å². The summed E-state index contributed by atoms with van der Waals surface area (Å²) in [5, 5.41) is 1.96. The molecule has 146 valence electrons. The number of anilines is 1. The highest BCUT2D eigenvalue weighted by atomic mass is 32.1. The summed E-state index contributed by atoms with van der Waals surface area (Å²) in [5.74, 6) is 0.902. The van der Waals surface area contributed by atoms with Crippen LogP contribution in [0, 0.1) is 0 Å². The smallest absolute Gasteiger partial charge is 0.416 e. The van der Waals surface area contributed by atoms with Crippen LogP contribution in [-0.2, 0) is 4.74 Å². The fraction of sp³-hybridized carbons (Fsp3) is 0.250. The van der Waals surface area contributed by atoms with E-state index in [0.717, 1.165) is 21.8 Å². The monoisotopic (exact) mass is 397 g/mol. The molecule has 3 aromatic rings. The van der Waals surface area contributed by atoms with Crippen LogP contribution < -0.4 is 10.6 Å². The number of aromatic nitrogens is 2. The van der Waals surface area contributed by atoms with Gasteiger partial charge in [0.25, 0.3) is 0 Å². The number of ether oxygens (including phenoxy) is 1. The zero-order valence-electron chi connectivity index (χ0n) is 16.3. The normalized spacial score (nSPS) is 12.1. The van der Waals surface area contributed by atoms with E-state index in [9.17, 15) is 4.79 Å². The number of imidazole rings is 1. The first-order valence-corrected chi connectivity index (χ1v) is 9.61. The number of hydrogen-bond donors (Lipinski definition) is 2. The number of rotatable bonds is 4. The lowest BCUT2D eigenvalue weighted by Gasteiger charge is -2.23. The van der Waals surface area contributed by atoms with Gasteiger partial charge in [0.05, 0.1) is 22.5 Å². The average Bonchev–Trinajstić information content (AvgIpc) is 3.32. The van der Waals surface area contributed by atoms with Crippen molar-refractivity contribution in [1.29, 1.82) is 0 Å². The predicted molar refractivity (Wildman–Crippen MR) is 113 cm³/mol. The molecule has 0 aliphatic carbocycles. The lowest BCUT2D eigenvalue weighted by atomic mass is 10.1. The first-order valence-electron chi connectivity index (χ1n) is 8.73. The summed E-state index contributed by atoms with van der Waals surface area (Å²) < 4.78 is 5.35. The van der Waals surface area contributed by atoms with Crippen molar-refractivity contribution in [2.24, 2.45) is 10.7 Å². The molecule has 1 aromatic carbocycles. The van der Waals surface area contributed by atoms with Gasteiger partial charge in [0.15, 0.2) is 0 Å². The van der Waals surface area contributed by atoms with Crippen molar-refractivity contribution < 1.29 is 9.53 Å². The Morgan fingerprint density at radius 2 is 1.96 bits per heavy atom. The van der Waals surface area contributed by atoms with Crippen molar-refractivity contribution in [1.82, 2.24) is 9.97 Å². The second kappa shape index (κ2) is 7.85. The van der Waals surface area contributed by atoms with E-state index < -0.39 is 11.7 Å². The molecular formula is C20H23N5O2S. The number of hydrogen-bond acceptors (Lipinski definition) is 5. The van der Waals surface area contributed by atoms with E-state index in [2.05, 4.69) is 15.0 Å². The molecule has 0 aliphatic rings. The highest BCUT2D eigenvalue weighted by Gasteiger charge is 2.22. The first-order chi connectivity index (χ1) is 13.2. The van der Waals surface area contributed by atoms with Crippen molar-refractivity contribution in [3.8, 4) is 11.3 Å². The molecule has 2 heterocycles. The van der Waals surface area contributed by atoms with Gasteiger partial charge in [-0.15, -0.1) is 11.3 Å². The van der Waals surface area contributed by atoms with Crippen molar-refractivity contribution in [3.05, 3.63) is 52.9 Å². The van der Waals surface area contributed by atoms with Crippen LogP contribution in [-0.4, -0.2) is 34.5 Å². The van der Waals surface area contributed by atoms with Crippen LogP contribution in [0.4, 0.5) is 16.4 Å². The molecule has 0 aliphatic heterocycles. The molecule has 0 fully saturated rings. The Kier molecular flexibility index (Phi) is 5.51. The van der Waals surface area contributed by atoms with Gasteiger partial charge < -0.3 is 15.5 Å². The molecule has 3 N–H and O–H groups in total. The van der Waals surface area contributed by atoms with Gasteiger partial charge >= 0.3 is 6.09 Å². The molecule has 2 aromatic heterocycles. The second-order valence-corrected chi connectivity index (χ2v) is 8.13. The highest BCUT2D eigenvalue weighted by molar-refractivity contribution is 7.12. The third-order valence-electron chi connectivity index (χ3n) is 3.75. The number of carbonyl (C=O) groups is 1. The molecular weight excluding hydrogens is 374 g/mol. The zero-order valence-corrected chi connectivity index (χ0v) is 17.1. The number of aromatic amines is 1. The molecule has 0 atom stereocenters. The van der Waals surface area contributed by atoms with Gasteiger partial charge in [-0.2, -0.15) is 0 Å². The molecule has 0 unspecified atom stereocenters. The van der Waals surface area contributed by atoms with Crippen LogP contribution >= 0.6 is 11.3 Å². The molecule has 0 saturated heterocycles. The number of amidine groups is 1. The summed E-state index contributed by atoms with van der Waals surface area (Å²) in [5.41, 5.74) is 7.93. The fourth-order valence-corrected chi connectivity index (χ4v) is 3.01. The zero-order chi connectivity index (χ0) is 20.3. The lowest BCUT2D eigenvalue weighted by Crippen LogP contribution is -2.34. The van der Waals surface area contributed by atoms with Gasteiger partial charge in [0.2, 0.25) is 5.95 Å². The minimum absolute atomic E-state index is 0.410. The van der Waals surface area contributed by atoms with E-state index in [1.165, 1.54) is 4.90 Å². The van der Waals surface area contributed by atoms with E-state index in [4.69, 9.17) is 10.5 Å². The average molecular weight is 398 g/mol. The standard InChI is InChI=1S/C20H23N5O2S/c1-20(2,3)27-19(26)25(4)18-22-12-15(24-18)13-7-9-14(10-8-13)23-17(21)16-6-5-11-28-16/h5-12H,1-4H3,(H2,21,23)(H,22,24). The lowest BCUT2D eigenvalue weighted by molar-refractivity contribution is 0.0587. The van der Waals surface area contributed by atoms with Crippen LogP contribution in [0.1, 0.15) is 25.6 Å². The van der Waals surface area contributed by atoms with Crippen molar-refractivity contribution >= 4 is 34.9 Å². The summed E-state index contributed by atoms with van der Waals surface area (Å²) in [6, 6.07) is 11.5. The number of benzene rings is 1. The Labute approximate surface area is 167 Å². The minimum Gasteiger partial charge on any atom is -0.443 e. The van der Waals surface area contributed by atoms with E-state index >= 15 is 0 Å². The van der Waals surface area contributed by atoms with Crippen LogP contribution in [0.25, 0.3) is 11.3 Å². The molecule has 0 radical (unpaired) electrons. The van der Waals surface area contributed by atoms with E-state index in [-0.39, 0.29) is 0 Å². The molecule has 1 amide bonds. The highest BCUT2D eigenvalue weighted by Crippen LogP contribution is 2.24. The number of aliphatic imine (C=N–C) groups is 1. The Hall–Kier alpha value is -3.13. The molecule has 0 saturated carbocycles. The van der Waals surface area contributed by atoms with Crippen molar-refractivity contribution in [2.45, 2.75) is 26.4 Å². The number of nitrogens with two attached hydrogens (primary N) is 1. The molecule has 0 bridgehead atoms. The maximum atomic E-state index is 12.2. The fourth-order valence-electron chi connectivity index (χ4n) is 2.38. The molecule has 7 nitrogen and oxygen atoms in total. The maximum absolute atomic E-state index is 12.2. The summed E-state index contributed by atoms with van der Waals surface area (Å²) in [6.07, 6.45) is 1.20. The summed E-state index contributed by atoms with van der Waals surface area (Å²) >= 11 is 1.55. The van der Waals surface area contributed by atoms with E-state index in [1.807, 2.05) is 62.5 Å². The topological polar surface area (TPSA) is 96.6 Å². The third kappa shape index (κ3) is 4.77. The maximum Gasteiger partial charge on any atom is 0.416 e. The van der Waals surface area contributed by atoms with Gasteiger partial charge in [-0.25, -0.2) is 14.8 Å². The van der Waals surface area contributed by atoms with Gasteiger partial charge in [0, 0.05) is 7.05 Å². The SMILES string of the molecule is CN(C(=O)OC(C)(C)C)c1ncc(-c2ccc(N=C(N)c3cccs3)cc2)[nH]1. The van der Waals surface area contributed by atoms with Gasteiger partial charge in [-0.05, 0) is 49.9 Å². The number of H-pyrrole nitrogens is 1. The van der Waals surface area contributed by atoms with Gasteiger partial charge in [0.1, 0.15) is 11.4 Å². The molecule has 0 spiro atoms. The Bertz CT molecular complexity index is 969. The van der Waals surface area contributed by atoms with E-state index in [1.54, 1.807) is 24.6 Å². The predicted octanol–water partition coefficient (Wildman–Crippen LogP) is 4.55. The largest absolute Gasteiger partial charge is 0.443 e. The first kappa shape index (κ1) is 19.6. The van der Waals surface area contributed by atoms with Gasteiger partial charge in [-0.1, -0.05) is 18.2 Å². The second-order valence-electron chi connectivity index (χ2n) is 7.18. The molecule has 28 heavy (non-hydrogen) atoms. The van der Waals surface area contributed by atoms with Crippen LogP contribution in [0.2, 0.25) is 0 Å². The quantitative estimate of drug-likeness (QED) is 0.499. The van der Waals surface area contributed by atoms with Crippen molar-refractivity contribution in [3.63, 3.8) is 0 Å². The Balaban J connectivity index is 1.73. The summed E-state index contributed by atoms with van der Waals surface area (Å²) in [6.45, 7) is 5.46. The summed E-state index contributed by atoms with van der Waals surface area (Å²) in [4.78, 5) is 26.3. The van der Waals surface area contributed by atoms with Crippen LogP contribution in [0.3, 0.4) is 0 Å². The number of thiophene rings is 1.